The minimum Gasteiger partial charge on any atom is -0.480 e. The van der Waals surface area contributed by atoms with Gasteiger partial charge in [-0.05, 0) is 43.4 Å². The first-order valence-electron chi connectivity index (χ1n) is 8.03. The first kappa shape index (κ1) is 13.2. The second kappa shape index (κ2) is 4.50. The van der Waals surface area contributed by atoms with Crippen molar-refractivity contribution in [1.29, 1.82) is 0 Å². The Hall–Kier alpha value is -1.49. The summed E-state index contributed by atoms with van der Waals surface area (Å²) in [5.41, 5.74) is 3.17. The zero-order valence-corrected chi connectivity index (χ0v) is 12.9. The Labute approximate surface area is 126 Å². The molecule has 3 fully saturated rings. The van der Waals surface area contributed by atoms with Crippen molar-refractivity contribution in [3.8, 4) is 6.01 Å². The summed E-state index contributed by atoms with van der Waals surface area (Å²) >= 11 is 0. The van der Waals surface area contributed by atoms with E-state index in [0.717, 1.165) is 23.5 Å². The molecule has 21 heavy (non-hydrogen) atoms. The molecule has 0 spiro atoms. The Balaban J connectivity index is 1.67. The van der Waals surface area contributed by atoms with Gasteiger partial charge < -0.3 is 9.50 Å². The van der Waals surface area contributed by atoms with Crippen molar-refractivity contribution >= 4 is 19.0 Å². The van der Waals surface area contributed by atoms with Crippen LogP contribution in [0.25, 0.3) is 11.0 Å². The largest absolute Gasteiger partial charge is 0.480 e. The van der Waals surface area contributed by atoms with Gasteiger partial charge in [0.2, 0.25) is 0 Å². The highest BCUT2D eigenvalue weighted by Crippen LogP contribution is 2.38. The molecule has 1 atom stereocenters. The monoisotopic (exact) mass is 284 g/mol. The molecule has 0 aliphatic carbocycles. The zero-order chi connectivity index (χ0) is 14.6. The van der Waals surface area contributed by atoms with Crippen LogP contribution in [0.5, 0.6) is 6.01 Å². The second-order valence-electron chi connectivity index (χ2n) is 7.36. The van der Waals surface area contributed by atoms with Crippen LogP contribution in [-0.2, 0) is 6.54 Å². The molecule has 0 amide bonds. The van der Waals surface area contributed by atoms with E-state index in [4.69, 9.17) is 0 Å². The standard InChI is InChI=1S/C16H22BN3O/c1-11-2-3-15-14(8-11)18-16(21)19(15)9-13-10-20(17)6-4-12(13)5-7-20/h2-3,8,12-13H,4-7,9-10,17H2,1H3/p+1. The van der Waals surface area contributed by atoms with Gasteiger partial charge in [0.15, 0.2) is 0 Å². The highest BCUT2D eigenvalue weighted by atomic mass is 16.3. The Morgan fingerprint density at radius 1 is 1.38 bits per heavy atom. The summed E-state index contributed by atoms with van der Waals surface area (Å²) in [6.07, 6.45) is 2.68. The average Bonchev–Trinajstić information content (AvgIpc) is 2.74. The fourth-order valence-corrected chi connectivity index (χ4v) is 4.43. The van der Waals surface area contributed by atoms with Gasteiger partial charge in [-0.2, -0.15) is 4.98 Å². The maximum absolute atomic E-state index is 10.2. The van der Waals surface area contributed by atoms with Gasteiger partial charge in [0.25, 0.3) is 6.01 Å². The summed E-state index contributed by atoms with van der Waals surface area (Å²) in [6, 6.07) is 6.42. The molecule has 4 heterocycles. The number of hydrogen-bond donors (Lipinski definition) is 1. The van der Waals surface area contributed by atoms with Crippen LogP contribution in [-0.4, -0.2) is 46.7 Å². The molecule has 1 unspecified atom stereocenters. The highest BCUT2D eigenvalue weighted by molar-refractivity contribution is 5.97. The van der Waals surface area contributed by atoms with Gasteiger partial charge in [0.05, 0.1) is 30.7 Å². The van der Waals surface area contributed by atoms with E-state index in [1.807, 2.05) is 4.57 Å². The Morgan fingerprint density at radius 3 is 2.86 bits per heavy atom. The van der Waals surface area contributed by atoms with Crippen molar-refractivity contribution in [2.24, 2.45) is 11.8 Å². The number of quaternary nitrogens is 1. The molecule has 0 radical (unpaired) electrons. The number of rotatable bonds is 2. The molecule has 3 aliphatic heterocycles. The third-order valence-electron chi connectivity index (χ3n) is 5.72. The fourth-order valence-electron chi connectivity index (χ4n) is 4.43. The van der Waals surface area contributed by atoms with E-state index in [-0.39, 0.29) is 6.01 Å². The van der Waals surface area contributed by atoms with Gasteiger partial charge in [-0.15, -0.1) is 0 Å². The van der Waals surface area contributed by atoms with Crippen LogP contribution in [0.2, 0.25) is 0 Å². The lowest BCUT2D eigenvalue weighted by Crippen LogP contribution is -2.60. The molecule has 3 saturated heterocycles. The molecule has 1 aromatic carbocycles. The lowest BCUT2D eigenvalue weighted by molar-refractivity contribution is -0.841. The Kier molecular flexibility index (Phi) is 2.83. The predicted octanol–water partition coefficient (Wildman–Crippen LogP) is 1.46. The van der Waals surface area contributed by atoms with E-state index in [1.54, 1.807) is 0 Å². The fraction of sp³-hybridized carbons (Fsp3) is 0.562. The molecule has 110 valence electrons. The molecule has 5 heteroatoms. The minimum atomic E-state index is 0.176. The molecule has 1 aromatic heterocycles. The normalized spacial score (nSPS) is 31.9. The van der Waals surface area contributed by atoms with Gasteiger partial charge in [-0.25, -0.2) is 0 Å². The Bertz CT molecular complexity index is 688. The molecule has 2 aromatic rings. The van der Waals surface area contributed by atoms with E-state index in [0.29, 0.717) is 5.92 Å². The summed E-state index contributed by atoms with van der Waals surface area (Å²) in [5.74, 6) is 1.49. The van der Waals surface area contributed by atoms with Gasteiger partial charge in [-0.3, -0.25) is 4.57 Å². The summed E-state index contributed by atoms with van der Waals surface area (Å²) in [7, 11) is 2.39. The van der Waals surface area contributed by atoms with Gasteiger partial charge in [-0.1, -0.05) is 6.07 Å². The van der Waals surface area contributed by atoms with E-state index < -0.39 is 0 Å². The van der Waals surface area contributed by atoms with Crippen LogP contribution in [0, 0.1) is 18.8 Å². The molecular formula is C16H23BN3O+. The number of piperidine rings is 3. The van der Waals surface area contributed by atoms with Crippen LogP contribution < -0.4 is 0 Å². The minimum absolute atomic E-state index is 0.176. The number of hydrogen-bond acceptors (Lipinski definition) is 2. The molecular weight excluding hydrogens is 261 g/mol. The molecule has 2 bridgehead atoms. The van der Waals surface area contributed by atoms with Crippen molar-refractivity contribution in [3.63, 3.8) is 0 Å². The molecule has 3 aliphatic rings. The number of fused-ring (bicyclic) bond motifs is 4. The first-order valence-corrected chi connectivity index (χ1v) is 8.03. The number of aromatic hydroxyl groups is 1. The average molecular weight is 284 g/mol. The highest BCUT2D eigenvalue weighted by Gasteiger charge is 2.42. The lowest BCUT2D eigenvalue weighted by atomic mass is 9.75. The second-order valence-corrected chi connectivity index (χ2v) is 7.36. The predicted molar refractivity (Wildman–Crippen MR) is 85.8 cm³/mol. The number of aryl methyl sites for hydroxylation is 1. The number of aromatic nitrogens is 2. The molecule has 0 saturated carbocycles. The molecule has 4 nitrogen and oxygen atoms in total. The molecule has 1 N–H and O–H groups in total. The number of benzene rings is 1. The van der Waals surface area contributed by atoms with Crippen LogP contribution in [0.15, 0.2) is 18.2 Å². The smallest absolute Gasteiger partial charge is 0.372 e. The first-order chi connectivity index (χ1) is 10.0. The van der Waals surface area contributed by atoms with E-state index in [2.05, 4.69) is 38.1 Å². The van der Waals surface area contributed by atoms with Crippen molar-refractivity contribution < 1.29 is 9.50 Å². The van der Waals surface area contributed by atoms with E-state index in [1.165, 1.54) is 42.4 Å². The van der Waals surface area contributed by atoms with Crippen molar-refractivity contribution in [3.05, 3.63) is 23.8 Å². The molecule has 5 rings (SSSR count). The van der Waals surface area contributed by atoms with E-state index >= 15 is 0 Å². The van der Waals surface area contributed by atoms with Gasteiger partial charge in [0.1, 0.15) is 0 Å². The lowest BCUT2D eigenvalue weighted by Gasteiger charge is -2.52. The van der Waals surface area contributed by atoms with Crippen LogP contribution in [0.4, 0.5) is 0 Å². The van der Waals surface area contributed by atoms with Crippen molar-refractivity contribution in [2.75, 3.05) is 19.6 Å². The third-order valence-corrected chi connectivity index (χ3v) is 5.72. The Morgan fingerprint density at radius 2 is 2.14 bits per heavy atom. The summed E-state index contributed by atoms with van der Waals surface area (Å²) in [5, 5.41) is 10.2. The maximum Gasteiger partial charge on any atom is 0.372 e. The maximum atomic E-state index is 10.2. The summed E-state index contributed by atoms with van der Waals surface area (Å²) in [6.45, 7) is 6.88. The van der Waals surface area contributed by atoms with Crippen LogP contribution in [0.1, 0.15) is 18.4 Å². The van der Waals surface area contributed by atoms with E-state index in [9.17, 15) is 5.11 Å². The number of nitrogens with zero attached hydrogens (tertiary/aromatic N) is 3. The zero-order valence-electron chi connectivity index (χ0n) is 12.9. The third kappa shape index (κ3) is 2.15. The number of imidazole rings is 1. The summed E-state index contributed by atoms with van der Waals surface area (Å²) < 4.78 is 3.24. The summed E-state index contributed by atoms with van der Waals surface area (Å²) in [4.78, 5) is 4.33. The van der Waals surface area contributed by atoms with Crippen LogP contribution >= 0.6 is 0 Å². The van der Waals surface area contributed by atoms with Crippen molar-refractivity contribution in [2.45, 2.75) is 26.3 Å². The SMILES string of the molecule is B[N+]12CCC(CC1)C(Cn1c(O)nc3cc(C)ccc31)C2. The quantitative estimate of drug-likeness (QED) is 0.848. The van der Waals surface area contributed by atoms with Gasteiger partial charge >= 0.3 is 7.98 Å². The topological polar surface area (TPSA) is 38.0 Å². The van der Waals surface area contributed by atoms with Crippen molar-refractivity contribution in [1.82, 2.24) is 9.55 Å². The van der Waals surface area contributed by atoms with Gasteiger partial charge in [0, 0.05) is 12.5 Å². The van der Waals surface area contributed by atoms with Crippen LogP contribution in [0.3, 0.4) is 0 Å².